The Labute approximate surface area is 106 Å². The standard InChI is InChI=1S/C12H11BrO2S/c1-6(2)10-8-4-3-7(13)5-9(8)16-11(10)12(14)15/h3-6H,1-2H3,(H,14,15). The summed E-state index contributed by atoms with van der Waals surface area (Å²) in [4.78, 5) is 11.6. The van der Waals surface area contributed by atoms with E-state index in [1.807, 2.05) is 32.0 Å². The third-order valence-corrected chi connectivity index (χ3v) is 4.11. The second-order valence-electron chi connectivity index (χ2n) is 3.95. The molecule has 2 nitrogen and oxygen atoms in total. The van der Waals surface area contributed by atoms with E-state index < -0.39 is 5.97 Å². The third kappa shape index (κ3) is 1.87. The molecule has 0 radical (unpaired) electrons. The molecule has 1 aromatic carbocycles. The average Bonchev–Trinajstić information content (AvgIpc) is 2.55. The maximum atomic E-state index is 11.2. The molecule has 1 N–H and O–H groups in total. The largest absolute Gasteiger partial charge is 0.477 e. The fourth-order valence-corrected chi connectivity index (χ4v) is 3.57. The summed E-state index contributed by atoms with van der Waals surface area (Å²) in [5.41, 5.74) is 0.944. The first-order valence-corrected chi connectivity index (χ1v) is 6.57. The lowest BCUT2D eigenvalue weighted by Crippen LogP contribution is -1.99. The van der Waals surface area contributed by atoms with Crippen LogP contribution in [0.2, 0.25) is 0 Å². The minimum Gasteiger partial charge on any atom is -0.477 e. The quantitative estimate of drug-likeness (QED) is 0.887. The summed E-state index contributed by atoms with van der Waals surface area (Å²) in [5.74, 6) is -0.609. The zero-order valence-corrected chi connectivity index (χ0v) is 11.4. The number of halogens is 1. The van der Waals surface area contributed by atoms with Crippen molar-refractivity contribution in [1.82, 2.24) is 0 Å². The van der Waals surface area contributed by atoms with Gasteiger partial charge in [0.25, 0.3) is 0 Å². The highest BCUT2D eigenvalue weighted by Crippen LogP contribution is 2.37. The summed E-state index contributed by atoms with van der Waals surface area (Å²) in [6, 6.07) is 5.91. The molecule has 1 aromatic heterocycles. The Morgan fingerprint density at radius 3 is 2.69 bits per heavy atom. The van der Waals surface area contributed by atoms with Crippen LogP contribution in [-0.4, -0.2) is 11.1 Å². The third-order valence-electron chi connectivity index (χ3n) is 2.46. The molecule has 1 heterocycles. The average molecular weight is 299 g/mol. The summed E-state index contributed by atoms with van der Waals surface area (Å²) in [5, 5.41) is 10.2. The van der Waals surface area contributed by atoms with Crippen LogP contribution in [0.25, 0.3) is 10.1 Å². The van der Waals surface area contributed by atoms with Crippen molar-refractivity contribution in [1.29, 1.82) is 0 Å². The van der Waals surface area contributed by atoms with Crippen molar-refractivity contribution in [2.24, 2.45) is 0 Å². The van der Waals surface area contributed by atoms with Crippen molar-refractivity contribution in [3.05, 3.63) is 33.1 Å². The fourth-order valence-electron chi connectivity index (χ4n) is 1.82. The molecule has 0 aliphatic carbocycles. The van der Waals surface area contributed by atoms with E-state index in [9.17, 15) is 9.90 Å². The van der Waals surface area contributed by atoms with Crippen molar-refractivity contribution < 1.29 is 9.90 Å². The van der Waals surface area contributed by atoms with E-state index in [-0.39, 0.29) is 5.92 Å². The maximum Gasteiger partial charge on any atom is 0.346 e. The summed E-state index contributed by atoms with van der Waals surface area (Å²) >= 11 is 4.74. The fraction of sp³-hybridized carbons (Fsp3) is 0.250. The summed E-state index contributed by atoms with van der Waals surface area (Å²) in [6.07, 6.45) is 0. The normalized spacial score (nSPS) is 11.2. The molecule has 0 saturated carbocycles. The van der Waals surface area contributed by atoms with Crippen molar-refractivity contribution in [2.45, 2.75) is 19.8 Å². The summed E-state index contributed by atoms with van der Waals surface area (Å²) < 4.78 is 2.00. The number of hydrogen-bond donors (Lipinski definition) is 1. The topological polar surface area (TPSA) is 37.3 Å². The van der Waals surface area contributed by atoms with Gasteiger partial charge in [0.1, 0.15) is 4.88 Å². The van der Waals surface area contributed by atoms with Gasteiger partial charge in [0, 0.05) is 9.17 Å². The van der Waals surface area contributed by atoms with Gasteiger partial charge in [-0.05, 0) is 29.0 Å². The molecular weight excluding hydrogens is 288 g/mol. The lowest BCUT2D eigenvalue weighted by molar-refractivity contribution is 0.0701. The van der Waals surface area contributed by atoms with Crippen molar-refractivity contribution in [3.8, 4) is 0 Å². The predicted octanol–water partition coefficient (Wildman–Crippen LogP) is 4.49. The van der Waals surface area contributed by atoms with Gasteiger partial charge in [-0.3, -0.25) is 0 Å². The minimum absolute atomic E-state index is 0.223. The molecule has 16 heavy (non-hydrogen) atoms. The zero-order chi connectivity index (χ0) is 11.9. The van der Waals surface area contributed by atoms with Crippen LogP contribution in [0, 0.1) is 0 Å². The van der Waals surface area contributed by atoms with Gasteiger partial charge in [-0.25, -0.2) is 4.79 Å². The molecular formula is C12H11BrO2S. The molecule has 0 unspecified atom stereocenters. The van der Waals surface area contributed by atoms with E-state index in [0.717, 1.165) is 20.1 Å². The molecule has 4 heteroatoms. The van der Waals surface area contributed by atoms with E-state index >= 15 is 0 Å². The lowest BCUT2D eigenvalue weighted by atomic mass is 9.99. The van der Waals surface area contributed by atoms with E-state index in [0.29, 0.717) is 4.88 Å². The Morgan fingerprint density at radius 2 is 2.12 bits per heavy atom. The molecule has 0 aliphatic rings. The van der Waals surface area contributed by atoms with Crippen molar-refractivity contribution in [2.75, 3.05) is 0 Å². The minimum atomic E-state index is -0.832. The van der Waals surface area contributed by atoms with E-state index in [4.69, 9.17) is 0 Å². The number of carbonyl (C=O) groups is 1. The first kappa shape index (κ1) is 11.6. The molecule has 2 aromatic rings. The van der Waals surface area contributed by atoms with Crippen molar-refractivity contribution >= 4 is 43.3 Å². The van der Waals surface area contributed by atoms with Gasteiger partial charge in [-0.1, -0.05) is 35.8 Å². The second-order valence-corrected chi connectivity index (χ2v) is 5.91. The first-order chi connectivity index (χ1) is 7.50. The van der Waals surface area contributed by atoms with Gasteiger partial charge >= 0.3 is 5.97 Å². The Kier molecular flexibility index (Phi) is 3.04. The molecule has 0 aliphatic heterocycles. The highest BCUT2D eigenvalue weighted by Gasteiger charge is 2.19. The van der Waals surface area contributed by atoms with Crippen molar-refractivity contribution in [3.63, 3.8) is 0 Å². The van der Waals surface area contributed by atoms with Gasteiger partial charge in [-0.15, -0.1) is 11.3 Å². The van der Waals surface area contributed by atoms with E-state index in [2.05, 4.69) is 15.9 Å². The molecule has 0 saturated heterocycles. The second kappa shape index (κ2) is 4.18. The van der Waals surface area contributed by atoms with Crippen LogP contribution in [0.4, 0.5) is 0 Å². The zero-order valence-electron chi connectivity index (χ0n) is 8.95. The van der Waals surface area contributed by atoms with E-state index in [1.165, 1.54) is 11.3 Å². The van der Waals surface area contributed by atoms with Gasteiger partial charge in [-0.2, -0.15) is 0 Å². The first-order valence-electron chi connectivity index (χ1n) is 4.96. The number of benzene rings is 1. The van der Waals surface area contributed by atoms with E-state index in [1.54, 1.807) is 0 Å². The molecule has 2 rings (SSSR count). The maximum absolute atomic E-state index is 11.2. The van der Waals surface area contributed by atoms with Gasteiger partial charge < -0.3 is 5.11 Å². The molecule has 0 spiro atoms. The Bertz CT molecular complexity index is 557. The van der Waals surface area contributed by atoms with Crippen LogP contribution < -0.4 is 0 Å². The summed E-state index contributed by atoms with van der Waals surface area (Å²) in [6.45, 7) is 4.05. The predicted molar refractivity (Wildman–Crippen MR) is 70.6 cm³/mol. The van der Waals surface area contributed by atoms with Crippen LogP contribution >= 0.6 is 27.3 Å². The van der Waals surface area contributed by atoms with Crippen LogP contribution in [0.5, 0.6) is 0 Å². The molecule has 0 fully saturated rings. The Hall–Kier alpha value is -0.870. The van der Waals surface area contributed by atoms with Crippen LogP contribution in [0.1, 0.15) is 35.0 Å². The highest BCUT2D eigenvalue weighted by molar-refractivity contribution is 9.10. The number of thiophene rings is 1. The monoisotopic (exact) mass is 298 g/mol. The smallest absolute Gasteiger partial charge is 0.346 e. The van der Waals surface area contributed by atoms with Gasteiger partial charge in [0.2, 0.25) is 0 Å². The van der Waals surface area contributed by atoms with Gasteiger partial charge in [0.15, 0.2) is 0 Å². The SMILES string of the molecule is CC(C)c1c(C(=O)O)sc2cc(Br)ccc12. The number of aromatic carboxylic acids is 1. The number of carboxylic acid groups (broad SMARTS) is 1. The highest BCUT2D eigenvalue weighted by atomic mass is 79.9. The number of fused-ring (bicyclic) bond motifs is 1. The molecule has 0 bridgehead atoms. The number of carboxylic acids is 1. The lowest BCUT2D eigenvalue weighted by Gasteiger charge is -2.05. The summed E-state index contributed by atoms with van der Waals surface area (Å²) in [7, 11) is 0. The van der Waals surface area contributed by atoms with Crippen LogP contribution in [-0.2, 0) is 0 Å². The Morgan fingerprint density at radius 1 is 1.44 bits per heavy atom. The molecule has 84 valence electrons. The van der Waals surface area contributed by atoms with Crippen LogP contribution in [0.15, 0.2) is 22.7 Å². The molecule has 0 atom stereocenters. The Balaban J connectivity index is 2.81. The molecule has 0 amide bonds. The van der Waals surface area contributed by atoms with Crippen LogP contribution in [0.3, 0.4) is 0 Å². The number of rotatable bonds is 2. The van der Waals surface area contributed by atoms with Gasteiger partial charge in [0.05, 0.1) is 0 Å². The number of hydrogen-bond acceptors (Lipinski definition) is 2.